The van der Waals surface area contributed by atoms with Crippen molar-refractivity contribution in [3.8, 4) is 6.07 Å². The lowest BCUT2D eigenvalue weighted by Gasteiger charge is -2.23. The summed E-state index contributed by atoms with van der Waals surface area (Å²) in [5.41, 5.74) is 0. The molecule has 0 N–H and O–H groups in total. The van der Waals surface area contributed by atoms with Crippen molar-refractivity contribution >= 4 is 11.8 Å². The monoisotopic (exact) mass is 197 g/mol. The molecule has 0 spiro atoms. The third kappa shape index (κ3) is 3.23. The third-order valence-electron chi connectivity index (χ3n) is 2.70. The summed E-state index contributed by atoms with van der Waals surface area (Å²) in [6.07, 6.45) is 8.59. The summed E-state index contributed by atoms with van der Waals surface area (Å²) < 4.78 is -0.0213. The minimum Gasteiger partial charge on any atom is -0.197 e. The van der Waals surface area contributed by atoms with Gasteiger partial charge in [0.2, 0.25) is 0 Å². The summed E-state index contributed by atoms with van der Waals surface area (Å²) in [5, 5.41) is 9.22. The molecule has 2 heteroatoms. The molecule has 0 bridgehead atoms. The molecule has 0 radical (unpaired) electrons. The molecule has 13 heavy (non-hydrogen) atoms. The van der Waals surface area contributed by atoms with Crippen molar-refractivity contribution in [1.29, 1.82) is 5.26 Å². The fourth-order valence-electron chi connectivity index (χ4n) is 1.89. The number of thioether (sulfide) groups is 1. The molecule has 0 amide bonds. The molecule has 0 saturated heterocycles. The second-order valence-electron chi connectivity index (χ2n) is 3.87. The van der Waals surface area contributed by atoms with E-state index >= 15 is 0 Å². The quantitative estimate of drug-likeness (QED) is 0.643. The molecule has 1 saturated carbocycles. The lowest BCUT2D eigenvalue weighted by molar-refractivity contribution is 0.618. The van der Waals surface area contributed by atoms with E-state index in [0.29, 0.717) is 0 Å². The van der Waals surface area contributed by atoms with Gasteiger partial charge < -0.3 is 0 Å². The van der Waals surface area contributed by atoms with E-state index < -0.39 is 0 Å². The highest BCUT2D eigenvalue weighted by atomic mass is 32.2. The minimum atomic E-state index is -0.0213. The van der Waals surface area contributed by atoms with Gasteiger partial charge in [-0.3, -0.25) is 0 Å². The molecular weight excluding hydrogens is 178 g/mol. The number of hydrogen-bond acceptors (Lipinski definition) is 2. The number of rotatable bonds is 3. The Balaban J connectivity index is 2.50. The van der Waals surface area contributed by atoms with Gasteiger partial charge in [-0.25, -0.2) is 0 Å². The molecule has 0 unspecified atom stereocenters. The van der Waals surface area contributed by atoms with E-state index in [2.05, 4.69) is 13.0 Å². The van der Waals surface area contributed by atoms with Gasteiger partial charge >= 0.3 is 0 Å². The Labute approximate surface area is 85.9 Å². The van der Waals surface area contributed by atoms with Crippen LogP contribution in [0.5, 0.6) is 0 Å². The van der Waals surface area contributed by atoms with Crippen molar-refractivity contribution in [3.63, 3.8) is 0 Å². The normalized spacial score (nSPS) is 21.8. The first-order chi connectivity index (χ1) is 6.33. The largest absolute Gasteiger partial charge is 0.197 e. The first-order valence-corrected chi connectivity index (χ1v) is 6.37. The first-order valence-electron chi connectivity index (χ1n) is 5.38. The first kappa shape index (κ1) is 10.9. The van der Waals surface area contributed by atoms with E-state index in [-0.39, 0.29) is 4.75 Å². The molecule has 0 aromatic heterocycles. The van der Waals surface area contributed by atoms with E-state index in [4.69, 9.17) is 0 Å². The Morgan fingerprint density at radius 1 is 1.23 bits per heavy atom. The lowest BCUT2D eigenvalue weighted by Crippen LogP contribution is -2.21. The Kier molecular flexibility index (Phi) is 4.66. The van der Waals surface area contributed by atoms with E-state index in [1.165, 1.54) is 32.1 Å². The fraction of sp³-hybridized carbons (Fsp3) is 0.909. The predicted molar refractivity (Wildman–Crippen MR) is 58.8 cm³/mol. The molecule has 1 rings (SSSR count). The van der Waals surface area contributed by atoms with Gasteiger partial charge in [-0.2, -0.15) is 5.26 Å². The van der Waals surface area contributed by atoms with Crippen molar-refractivity contribution in [1.82, 2.24) is 0 Å². The highest BCUT2D eigenvalue weighted by Crippen LogP contribution is 2.38. The average Bonchev–Trinajstić information content (AvgIpc) is 2.41. The van der Waals surface area contributed by atoms with E-state index in [9.17, 15) is 5.26 Å². The van der Waals surface area contributed by atoms with Crippen LogP contribution >= 0.6 is 11.8 Å². The third-order valence-corrected chi connectivity index (χ3v) is 4.36. The molecule has 1 aliphatic rings. The Hall–Kier alpha value is -0.160. The van der Waals surface area contributed by atoms with Gasteiger partial charge in [0.05, 0.1) is 6.07 Å². The van der Waals surface area contributed by atoms with Crippen LogP contribution in [0.2, 0.25) is 0 Å². The van der Waals surface area contributed by atoms with Crippen LogP contribution in [0.1, 0.15) is 51.9 Å². The van der Waals surface area contributed by atoms with Crippen molar-refractivity contribution in [3.05, 3.63) is 0 Å². The van der Waals surface area contributed by atoms with Crippen LogP contribution in [-0.4, -0.2) is 10.5 Å². The molecule has 0 heterocycles. The topological polar surface area (TPSA) is 23.8 Å². The maximum absolute atomic E-state index is 9.22. The lowest BCUT2D eigenvalue weighted by atomic mass is 10.0. The minimum absolute atomic E-state index is 0.0213. The maximum atomic E-state index is 9.22. The Morgan fingerprint density at radius 3 is 2.31 bits per heavy atom. The Bertz CT molecular complexity index is 175. The molecular formula is C11H19NS. The molecule has 74 valence electrons. The molecule has 0 aliphatic heterocycles. The van der Waals surface area contributed by atoms with Crippen LogP contribution in [0.15, 0.2) is 0 Å². The van der Waals surface area contributed by atoms with E-state index in [1.807, 2.05) is 11.8 Å². The summed E-state index contributed by atoms with van der Waals surface area (Å²) in [6, 6.07) is 2.56. The Morgan fingerprint density at radius 2 is 1.85 bits per heavy atom. The van der Waals surface area contributed by atoms with Gasteiger partial charge in [-0.05, 0) is 25.0 Å². The van der Waals surface area contributed by atoms with Crippen LogP contribution in [0.25, 0.3) is 0 Å². The van der Waals surface area contributed by atoms with Gasteiger partial charge in [-0.15, -0.1) is 11.8 Å². The molecule has 0 aromatic carbocycles. The number of nitrogens with zero attached hydrogens (tertiary/aromatic N) is 1. The second-order valence-corrected chi connectivity index (χ2v) is 5.35. The number of nitriles is 1. The van der Waals surface area contributed by atoms with Crippen molar-refractivity contribution in [2.75, 3.05) is 5.75 Å². The van der Waals surface area contributed by atoms with Crippen LogP contribution in [0.4, 0.5) is 0 Å². The zero-order valence-corrected chi connectivity index (χ0v) is 9.33. The van der Waals surface area contributed by atoms with Gasteiger partial charge in [0, 0.05) is 0 Å². The van der Waals surface area contributed by atoms with E-state index in [1.54, 1.807) is 0 Å². The molecule has 1 fully saturated rings. The molecule has 0 atom stereocenters. The summed E-state index contributed by atoms with van der Waals surface area (Å²) >= 11 is 1.90. The SMILES string of the molecule is CCCSC1(C#N)CCCCCC1. The highest BCUT2D eigenvalue weighted by molar-refractivity contribution is 8.00. The predicted octanol–water partition coefficient (Wildman–Crippen LogP) is 3.75. The van der Waals surface area contributed by atoms with Gasteiger partial charge in [-0.1, -0.05) is 32.6 Å². The van der Waals surface area contributed by atoms with E-state index in [0.717, 1.165) is 18.6 Å². The zero-order chi connectivity index (χ0) is 9.57. The smallest absolute Gasteiger partial charge is 0.102 e. The average molecular weight is 197 g/mol. The summed E-state index contributed by atoms with van der Waals surface area (Å²) in [5.74, 6) is 1.15. The van der Waals surface area contributed by atoms with Crippen molar-refractivity contribution in [2.24, 2.45) is 0 Å². The summed E-state index contributed by atoms with van der Waals surface area (Å²) in [6.45, 7) is 2.19. The van der Waals surface area contributed by atoms with Crippen molar-refractivity contribution in [2.45, 2.75) is 56.6 Å². The number of hydrogen-bond donors (Lipinski definition) is 0. The van der Waals surface area contributed by atoms with Crippen LogP contribution in [-0.2, 0) is 0 Å². The highest BCUT2D eigenvalue weighted by Gasteiger charge is 2.30. The van der Waals surface area contributed by atoms with Crippen molar-refractivity contribution < 1.29 is 0 Å². The molecule has 1 aliphatic carbocycles. The molecule has 0 aromatic rings. The van der Waals surface area contributed by atoms with Gasteiger partial charge in [0.1, 0.15) is 4.75 Å². The summed E-state index contributed by atoms with van der Waals surface area (Å²) in [4.78, 5) is 0. The van der Waals surface area contributed by atoms with Gasteiger partial charge in [0.15, 0.2) is 0 Å². The fourth-order valence-corrected chi connectivity index (χ4v) is 3.12. The second kappa shape index (κ2) is 5.54. The van der Waals surface area contributed by atoms with Crippen LogP contribution in [0.3, 0.4) is 0 Å². The standard InChI is InChI=1S/C11H19NS/c1-2-9-13-11(10-12)7-5-3-4-6-8-11/h2-9H2,1H3. The maximum Gasteiger partial charge on any atom is 0.102 e. The zero-order valence-electron chi connectivity index (χ0n) is 8.51. The van der Waals surface area contributed by atoms with Gasteiger partial charge in [0.25, 0.3) is 0 Å². The van der Waals surface area contributed by atoms with Crippen LogP contribution < -0.4 is 0 Å². The molecule has 1 nitrogen and oxygen atoms in total. The summed E-state index contributed by atoms with van der Waals surface area (Å²) in [7, 11) is 0. The van der Waals surface area contributed by atoms with Crippen LogP contribution in [0, 0.1) is 11.3 Å².